The second-order valence-electron chi connectivity index (χ2n) is 8.85. The molecule has 4 nitrogen and oxygen atoms in total. The number of ether oxygens (including phenoxy) is 2. The largest absolute Gasteiger partial charge is 0.491 e. The zero-order chi connectivity index (χ0) is 21.8. The fourth-order valence-electron chi connectivity index (χ4n) is 5.24. The minimum Gasteiger partial charge on any atom is -0.491 e. The normalized spacial score (nSPS) is 22.6. The molecule has 2 atom stereocenters. The van der Waals surface area contributed by atoms with E-state index in [4.69, 9.17) is 9.47 Å². The number of fused-ring (bicyclic) bond motifs is 3. The van der Waals surface area contributed by atoms with Crippen LogP contribution in [0, 0.1) is 0 Å². The molecule has 0 bridgehead atoms. The summed E-state index contributed by atoms with van der Waals surface area (Å²) in [7, 11) is 0. The van der Waals surface area contributed by atoms with E-state index in [0.717, 1.165) is 49.8 Å². The van der Waals surface area contributed by atoms with E-state index in [9.17, 15) is 13.2 Å². The first-order chi connectivity index (χ1) is 14.8. The fourth-order valence-corrected chi connectivity index (χ4v) is 5.24. The molecule has 166 valence electrons. The third-order valence-electron chi connectivity index (χ3n) is 6.42. The third-order valence-corrected chi connectivity index (χ3v) is 6.42. The number of halogens is 3. The maximum absolute atomic E-state index is 14.0. The Kier molecular flexibility index (Phi) is 5.04. The molecule has 1 unspecified atom stereocenters. The van der Waals surface area contributed by atoms with Gasteiger partial charge in [-0.2, -0.15) is 13.2 Å². The van der Waals surface area contributed by atoms with Crippen molar-refractivity contribution in [3.05, 3.63) is 41.5 Å². The van der Waals surface area contributed by atoms with Crippen LogP contribution in [-0.2, 0) is 6.18 Å². The Morgan fingerprint density at radius 1 is 1.19 bits per heavy atom. The number of benzene rings is 2. The number of anilines is 1. The molecule has 0 saturated carbocycles. The van der Waals surface area contributed by atoms with Gasteiger partial charge in [0.25, 0.3) is 0 Å². The summed E-state index contributed by atoms with van der Waals surface area (Å²) < 4.78 is 53.6. The van der Waals surface area contributed by atoms with Gasteiger partial charge >= 0.3 is 6.18 Å². The van der Waals surface area contributed by atoms with Crippen LogP contribution in [-0.4, -0.2) is 38.4 Å². The molecule has 1 N–H and O–H groups in total. The second-order valence-corrected chi connectivity index (χ2v) is 8.85. The average molecular weight is 432 g/mol. The van der Waals surface area contributed by atoms with Crippen LogP contribution < -0.4 is 19.7 Å². The second kappa shape index (κ2) is 7.62. The molecule has 0 amide bonds. The Bertz CT molecular complexity index is 990. The highest BCUT2D eigenvalue weighted by Crippen LogP contribution is 2.52. The van der Waals surface area contributed by atoms with Crippen LogP contribution >= 0.6 is 0 Å². The number of nitrogens with zero attached hydrogens (tertiary/aromatic N) is 1. The lowest BCUT2D eigenvalue weighted by Gasteiger charge is -2.33. The molecule has 0 radical (unpaired) electrons. The molecule has 0 spiro atoms. The Morgan fingerprint density at radius 3 is 2.81 bits per heavy atom. The summed E-state index contributed by atoms with van der Waals surface area (Å²) in [5, 5.41) is 3.45. The maximum Gasteiger partial charge on any atom is 0.417 e. The molecule has 3 aliphatic heterocycles. The fraction of sp³-hybridized carbons (Fsp3) is 0.500. The lowest BCUT2D eigenvalue weighted by Crippen LogP contribution is -2.44. The summed E-state index contributed by atoms with van der Waals surface area (Å²) >= 11 is 0. The molecule has 3 heterocycles. The maximum atomic E-state index is 14.0. The number of hydrogen-bond acceptors (Lipinski definition) is 4. The van der Waals surface area contributed by atoms with Crippen molar-refractivity contribution in [1.82, 2.24) is 5.32 Å². The predicted octanol–water partition coefficient (Wildman–Crippen LogP) is 5.21. The van der Waals surface area contributed by atoms with Crippen LogP contribution in [0.5, 0.6) is 11.5 Å². The van der Waals surface area contributed by atoms with Gasteiger partial charge in [0.15, 0.2) is 0 Å². The molecular formula is C24H27F3N2O2. The van der Waals surface area contributed by atoms with Crippen molar-refractivity contribution in [2.24, 2.45) is 0 Å². The Balaban J connectivity index is 1.65. The number of alkyl halides is 3. The molecule has 0 aliphatic carbocycles. The van der Waals surface area contributed by atoms with Crippen molar-refractivity contribution >= 4 is 5.69 Å². The molecule has 1 saturated heterocycles. The van der Waals surface area contributed by atoms with Crippen molar-refractivity contribution in [3.8, 4) is 22.6 Å². The summed E-state index contributed by atoms with van der Waals surface area (Å²) in [5.41, 5.74) is 2.20. The molecule has 7 heteroatoms. The summed E-state index contributed by atoms with van der Waals surface area (Å²) in [5.74, 6) is 1.20. The molecule has 2 aromatic carbocycles. The van der Waals surface area contributed by atoms with Crippen LogP contribution in [0.4, 0.5) is 18.9 Å². The molecule has 1 fully saturated rings. The van der Waals surface area contributed by atoms with Crippen LogP contribution in [0.2, 0.25) is 0 Å². The molecule has 3 aliphatic rings. The Hall–Kier alpha value is -2.41. The zero-order valence-electron chi connectivity index (χ0n) is 17.8. The first kappa shape index (κ1) is 20.5. The van der Waals surface area contributed by atoms with Gasteiger partial charge in [-0.25, -0.2) is 0 Å². The van der Waals surface area contributed by atoms with Gasteiger partial charge in [0.05, 0.1) is 24.0 Å². The van der Waals surface area contributed by atoms with Gasteiger partial charge in [-0.15, -0.1) is 0 Å². The van der Waals surface area contributed by atoms with Crippen LogP contribution in [0.25, 0.3) is 11.1 Å². The minimum absolute atomic E-state index is 0.161. The highest BCUT2D eigenvalue weighted by molar-refractivity contribution is 5.80. The van der Waals surface area contributed by atoms with Crippen molar-refractivity contribution in [2.45, 2.75) is 50.9 Å². The van der Waals surface area contributed by atoms with Gasteiger partial charge in [0.1, 0.15) is 11.5 Å². The molecule has 5 rings (SSSR count). The summed E-state index contributed by atoms with van der Waals surface area (Å²) in [6.45, 7) is 6.90. The SMILES string of the molecule is CC(C)Oc1ccc(-c2cc3c4c(c2)[C@@H]2CNCCC2N4CCCO3)c(C(F)(F)F)c1. The van der Waals surface area contributed by atoms with Crippen LogP contribution in [0.3, 0.4) is 0 Å². The summed E-state index contributed by atoms with van der Waals surface area (Å²) in [4.78, 5) is 2.43. The summed E-state index contributed by atoms with van der Waals surface area (Å²) in [6.07, 6.45) is -2.74. The number of piperidine rings is 1. The molecular weight excluding hydrogens is 405 g/mol. The van der Waals surface area contributed by atoms with E-state index in [-0.39, 0.29) is 23.3 Å². The van der Waals surface area contributed by atoms with Gasteiger partial charge in [-0.1, -0.05) is 6.07 Å². The minimum atomic E-state index is -4.49. The summed E-state index contributed by atoms with van der Waals surface area (Å²) in [6, 6.07) is 8.37. The van der Waals surface area contributed by atoms with Crippen LogP contribution in [0.1, 0.15) is 43.7 Å². The lowest BCUT2D eigenvalue weighted by atomic mass is 9.88. The van der Waals surface area contributed by atoms with Gasteiger partial charge in [-0.05, 0) is 74.2 Å². The van der Waals surface area contributed by atoms with E-state index in [0.29, 0.717) is 24.0 Å². The topological polar surface area (TPSA) is 33.7 Å². The first-order valence-electron chi connectivity index (χ1n) is 11.0. The van der Waals surface area contributed by atoms with Crippen molar-refractivity contribution in [2.75, 3.05) is 31.1 Å². The van der Waals surface area contributed by atoms with Crippen molar-refractivity contribution in [3.63, 3.8) is 0 Å². The van der Waals surface area contributed by atoms with E-state index in [1.54, 1.807) is 26.0 Å². The third kappa shape index (κ3) is 3.63. The zero-order valence-corrected chi connectivity index (χ0v) is 17.8. The van der Waals surface area contributed by atoms with Crippen molar-refractivity contribution < 1.29 is 22.6 Å². The highest BCUT2D eigenvalue weighted by atomic mass is 19.4. The first-order valence-corrected chi connectivity index (χ1v) is 11.0. The average Bonchev–Trinajstić information content (AvgIpc) is 2.88. The van der Waals surface area contributed by atoms with E-state index < -0.39 is 11.7 Å². The van der Waals surface area contributed by atoms with Crippen molar-refractivity contribution in [1.29, 1.82) is 0 Å². The monoisotopic (exact) mass is 432 g/mol. The van der Waals surface area contributed by atoms with Crippen LogP contribution in [0.15, 0.2) is 30.3 Å². The lowest BCUT2D eigenvalue weighted by molar-refractivity contribution is -0.137. The van der Waals surface area contributed by atoms with E-state index in [1.165, 1.54) is 6.07 Å². The van der Waals surface area contributed by atoms with Gasteiger partial charge in [0, 0.05) is 25.0 Å². The predicted molar refractivity (Wildman–Crippen MR) is 114 cm³/mol. The number of nitrogens with one attached hydrogen (secondary N) is 1. The van der Waals surface area contributed by atoms with E-state index in [1.807, 2.05) is 6.07 Å². The number of rotatable bonds is 3. The highest BCUT2D eigenvalue weighted by Gasteiger charge is 2.43. The van der Waals surface area contributed by atoms with E-state index >= 15 is 0 Å². The quantitative estimate of drug-likeness (QED) is 0.722. The van der Waals surface area contributed by atoms with Gasteiger partial charge in [-0.3, -0.25) is 0 Å². The molecule has 0 aromatic heterocycles. The van der Waals surface area contributed by atoms with Gasteiger partial charge < -0.3 is 19.7 Å². The number of hydrogen-bond donors (Lipinski definition) is 1. The Labute approximate surface area is 180 Å². The Morgan fingerprint density at radius 2 is 2.03 bits per heavy atom. The smallest absolute Gasteiger partial charge is 0.417 e. The molecule has 2 aromatic rings. The standard InChI is InChI=1S/C24H27F3N2O2/c1-14(2)31-16-4-5-17(20(12-16)24(25,26)27)15-10-18-19-13-28-7-6-21(19)29-8-3-9-30-22(11-15)23(18)29/h4-5,10-12,14,19,21,28H,3,6-9,13H2,1-2H3/t19-,21?/m0/s1. The van der Waals surface area contributed by atoms with E-state index in [2.05, 4.69) is 10.2 Å². The van der Waals surface area contributed by atoms with Gasteiger partial charge in [0.2, 0.25) is 0 Å². The molecule has 31 heavy (non-hydrogen) atoms.